The van der Waals surface area contributed by atoms with Crippen LogP contribution in [0.15, 0.2) is 18.2 Å². The minimum atomic E-state index is -0.552. The Bertz CT molecular complexity index is 488. The van der Waals surface area contributed by atoms with Crippen molar-refractivity contribution in [2.75, 3.05) is 24.6 Å². The Kier molecular flexibility index (Phi) is 4.16. The maximum atomic E-state index is 11.6. The second-order valence-corrected chi connectivity index (χ2v) is 4.73. The zero-order valence-electron chi connectivity index (χ0n) is 10.9. The molecule has 0 radical (unpaired) electrons. The molecular formula is C13H18N4O. The maximum Gasteiger partial charge on any atom is 0.227 e. The van der Waals surface area contributed by atoms with Crippen LogP contribution < -0.4 is 16.4 Å². The van der Waals surface area contributed by atoms with Crippen molar-refractivity contribution in [3.05, 3.63) is 23.8 Å². The fourth-order valence-electron chi connectivity index (χ4n) is 1.51. The van der Waals surface area contributed by atoms with E-state index in [1.165, 1.54) is 0 Å². The summed E-state index contributed by atoms with van der Waals surface area (Å²) in [5.74, 6) is -0.0509. The van der Waals surface area contributed by atoms with Gasteiger partial charge >= 0.3 is 0 Å². The molecular weight excluding hydrogens is 228 g/mol. The molecule has 0 saturated carbocycles. The van der Waals surface area contributed by atoms with Gasteiger partial charge in [-0.15, -0.1) is 0 Å². The normalized spacial score (nSPS) is 10.6. The smallest absolute Gasteiger partial charge is 0.227 e. The average Bonchev–Trinajstić information content (AvgIpc) is 2.36. The van der Waals surface area contributed by atoms with Crippen molar-refractivity contribution < 1.29 is 4.79 Å². The summed E-state index contributed by atoms with van der Waals surface area (Å²) < 4.78 is 0. The molecule has 0 bridgehead atoms. The molecule has 1 amide bonds. The number of nitrogens with zero attached hydrogens (tertiary/aromatic N) is 1. The third kappa shape index (κ3) is 3.14. The number of nitrogens with one attached hydrogen (secondary N) is 2. The molecule has 0 atom stereocenters. The topological polar surface area (TPSA) is 90.9 Å². The number of nitriles is 1. The zero-order chi connectivity index (χ0) is 13.8. The van der Waals surface area contributed by atoms with E-state index in [1.807, 2.05) is 13.8 Å². The molecule has 0 heterocycles. The van der Waals surface area contributed by atoms with Gasteiger partial charge in [-0.3, -0.25) is 4.79 Å². The average molecular weight is 246 g/mol. The molecule has 5 heteroatoms. The highest BCUT2D eigenvalue weighted by atomic mass is 16.2. The van der Waals surface area contributed by atoms with E-state index in [0.29, 0.717) is 23.5 Å². The lowest BCUT2D eigenvalue weighted by atomic mass is 9.92. The molecule has 0 unspecified atom stereocenters. The largest absolute Gasteiger partial charge is 0.397 e. The molecule has 96 valence electrons. The van der Waals surface area contributed by atoms with Crippen LogP contribution in [0, 0.1) is 16.7 Å². The lowest BCUT2D eigenvalue weighted by Crippen LogP contribution is -2.39. The zero-order valence-corrected chi connectivity index (χ0v) is 10.9. The number of rotatable bonds is 4. The number of carbonyl (C=O) groups is 1. The number of nitrogens with two attached hydrogens (primary N) is 1. The van der Waals surface area contributed by atoms with Crippen LogP contribution in [-0.2, 0) is 4.79 Å². The fourth-order valence-corrected chi connectivity index (χ4v) is 1.51. The molecule has 1 aromatic carbocycles. The summed E-state index contributed by atoms with van der Waals surface area (Å²) in [5, 5.41) is 14.5. The summed E-state index contributed by atoms with van der Waals surface area (Å²) >= 11 is 0. The van der Waals surface area contributed by atoms with Gasteiger partial charge < -0.3 is 16.4 Å². The summed E-state index contributed by atoms with van der Waals surface area (Å²) in [4.78, 5) is 11.6. The van der Waals surface area contributed by atoms with Gasteiger partial charge in [0.2, 0.25) is 5.91 Å². The molecule has 4 N–H and O–H groups in total. The Hall–Kier alpha value is -2.22. The van der Waals surface area contributed by atoms with Crippen molar-refractivity contribution in [1.29, 1.82) is 5.26 Å². The Labute approximate surface area is 107 Å². The first-order valence-electron chi connectivity index (χ1n) is 5.66. The van der Waals surface area contributed by atoms with Crippen LogP contribution in [-0.4, -0.2) is 19.5 Å². The van der Waals surface area contributed by atoms with Gasteiger partial charge in [0, 0.05) is 13.6 Å². The van der Waals surface area contributed by atoms with Crippen molar-refractivity contribution in [3.63, 3.8) is 0 Å². The SMILES string of the molecule is CNC(=O)C(C)(C)CNc1cc(C#N)ccc1N. The second kappa shape index (κ2) is 5.41. The van der Waals surface area contributed by atoms with Crippen LogP contribution >= 0.6 is 0 Å². The van der Waals surface area contributed by atoms with Gasteiger partial charge in [-0.25, -0.2) is 0 Å². The molecule has 0 fully saturated rings. The van der Waals surface area contributed by atoms with Gasteiger partial charge in [-0.05, 0) is 32.0 Å². The first-order chi connectivity index (χ1) is 8.40. The molecule has 18 heavy (non-hydrogen) atoms. The van der Waals surface area contributed by atoms with E-state index in [9.17, 15) is 4.79 Å². The molecule has 0 aromatic heterocycles. The van der Waals surface area contributed by atoms with Crippen LogP contribution in [0.1, 0.15) is 19.4 Å². The van der Waals surface area contributed by atoms with Gasteiger partial charge in [0.05, 0.1) is 28.4 Å². The molecule has 0 aliphatic carbocycles. The van der Waals surface area contributed by atoms with Gasteiger partial charge in [-0.2, -0.15) is 5.26 Å². The highest BCUT2D eigenvalue weighted by Crippen LogP contribution is 2.22. The van der Waals surface area contributed by atoms with E-state index in [2.05, 4.69) is 16.7 Å². The number of carbonyl (C=O) groups excluding carboxylic acids is 1. The highest BCUT2D eigenvalue weighted by molar-refractivity contribution is 5.82. The molecule has 0 spiro atoms. The Morgan fingerprint density at radius 2 is 2.17 bits per heavy atom. The van der Waals surface area contributed by atoms with E-state index in [4.69, 9.17) is 11.0 Å². The molecule has 5 nitrogen and oxygen atoms in total. The van der Waals surface area contributed by atoms with E-state index in [0.717, 1.165) is 0 Å². The summed E-state index contributed by atoms with van der Waals surface area (Å²) in [6.45, 7) is 4.11. The van der Waals surface area contributed by atoms with E-state index < -0.39 is 5.41 Å². The van der Waals surface area contributed by atoms with Crippen molar-refractivity contribution >= 4 is 17.3 Å². The van der Waals surface area contributed by atoms with Crippen LogP contribution in [0.25, 0.3) is 0 Å². The third-order valence-corrected chi connectivity index (χ3v) is 2.74. The molecule has 0 aliphatic rings. The summed E-state index contributed by atoms with van der Waals surface area (Å²) in [6.07, 6.45) is 0. The summed E-state index contributed by atoms with van der Waals surface area (Å²) in [7, 11) is 1.61. The van der Waals surface area contributed by atoms with Gasteiger partial charge in [0.1, 0.15) is 0 Å². The number of benzene rings is 1. The molecule has 0 aliphatic heterocycles. The van der Waals surface area contributed by atoms with E-state index >= 15 is 0 Å². The lowest BCUT2D eigenvalue weighted by molar-refractivity contribution is -0.128. The monoisotopic (exact) mass is 246 g/mol. The van der Waals surface area contributed by atoms with Crippen LogP contribution in [0.2, 0.25) is 0 Å². The van der Waals surface area contributed by atoms with Crippen LogP contribution in [0.4, 0.5) is 11.4 Å². The quantitative estimate of drug-likeness (QED) is 0.699. The van der Waals surface area contributed by atoms with E-state index in [-0.39, 0.29) is 5.91 Å². The van der Waals surface area contributed by atoms with Crippen molar-refractivity contribution in [1.82, 2.24) is 5.32 Å². The Morgan fingerprint density at radius 1 is 1.50 bits per heavy atom. The van der Waals surface area contributed by atoms with Crippen molar-refractivity contribution in [3.8, 4) is 6.07 Å². The van der Waals surface area contributed by atoms with Crippen LogP contribution in [0.5, 0.6) is 0 Å². The molecule has 1 rings (SSSR count). The van der Waals surface area contributed by atoms with E-state index in [1.54, 1.807) is 25.2 Å². The lowest BCUT2D eigenvalue weighted by Gasteiger charge is -2.24. The maximum absolute atomic E-state index is 11.6. The first kappa shape index (κ1) is 13.8. The molecule has 0 saturated heterocycles. The third-order valence-electron chi connectivity index (χ3n) is 2.74. The predicted molar refractivity (Wildman–Crippen MR) is 71.9 cm³/mol. The standard InChI is InChI=1S/C13H18N4O/c1-13(2,12(18)16-3)8-17-11-6-9(7-14)4-5-10(11)15/h4-6,17H,8,15H2,1-3H3,(H,16,18). The minimum Gasteiger partial charge on any atom is -0.397 e. The Morgan fingerprint density at radius 3 is 2.72 bits per heavy atom. The summed E-state index contributed by atoms with van der Waals surface area (Å²) in [6, 6.07) is 7.06. The van der Waals surface area contributed by atoms with Crippen molar-refractivity contribution in [2.45, 2.75) is 13.8 Å². The number of nitrogen functional groups attached to an aromatic ring is 1. The van der Waals surface area contributed by atoms with Crippen molar-refractivity contribution in [2.24, 2.45) is 5.41 Å². The number of hydrogen-bond donors (Lipinski definition) is 3. The van der Waals surface area contributed by atoms with Crippen LogP contribution in [0.3, 0.4) is 0 Å². The van der Waals surface area contributed by atoms with Gasteiger partial charge in [0.25, 0.3) is 0 Å². The number of anilines is 2. The molecule has 1 aromatic rings. The minimum absolute atomic E-state index is 0.0509. The Balaban J connectivity index is 2.81. The fraction of sp³-hybridized carbons (Fsp3) is 0.385. The highest BCUT2D eigenvalue weighted by Gasteiger charge is 2.26. The number of amides is 1. The predicted octanol–water partition coefficient (Wildman–Crippen LogP) is 1.32. The van der Waals surface area contributed by atoms with Gasteiger partial charge in [0.15, 0.2) is 0 Å². The second-order valence-electron chi connectivity index (χ2n) is 4.73. The summed E-state index contributed by atoms with van der Waals surface area (Å²) in [5.41, 5.74) is 7.02. The number of hydrogen-bond acceptors (Lipinski definition) is 4. The first-order valence-corrected chi connectivity index (χ1v) is 5.66. The van der Waals surface area contributed by atoms with Gasteiger partial charge in [-0.1, -0.05) is 0 Å².